The van der Waals surface area contributed by atoms with Crippen molar-refractivity contribution in [1.29, 1.82) is 0 Å². The SMILES string of the molecule is NC(=O)c1cc(C2CCCCN2C(=O)c2cc3ccccc3[nH]2)[nH]n1. The Kier molecular flexibility index (Phi) is 3.76. The summed E-state index contributed by atoms with van der Waals surface area (Å²) in [5.74, 6) is -0.622. The minimum absolute atomic E-state index is 0.0453. The second kappa shape index (κ2) is 6.08. The summed E-state index contributed by atoms with van der Waals surface area (Å²) < 4.78 is 0. The number of rotatable bonds is 3. The Bertz CT molecular complexity index is 909. The fourth-order valence-corrected chi connectivity index (χ4v) is 3.47. The highest BCUT2D eigenvalue weighted by Gasteiger charge is 2.31. The fraction of sp³-hybridized carbons (Fsp3) is 0.278. The van der Waals surface area contributed by atoms with E-state index >= 15 is 0 Å². The van der Waals surface area contributed by atoms with E-state index in [9.17, 15) is 9.59 Å². The van der Waals surface area contributed by atoms with Crippen molar-refractivity contribution in [3.05, 3.63) is 53.5 Å². The first kappa shape index (κ1) is 15.4. The molecule has 0 saturated carbocycles. The van der Waals surface area contributed by atoms with Crippen LogP contribution < -0.4 is 5.73 Å². The molecule has 4 rings (SSSR count). The number of carbonyl (C=O) groups excluding carboxylic acids is 2. The maximum atomic E-state index is 13.1. The minimum Gasteiger partial charge on any atom is -0.364 e. The van der Waals surface area contributed by atoms with Crippen molar-refractivity contribution in [3.63, 3.8) is 0 Å². The van der Waals surface area contributed by atoms with Gasteiger partial charge in [0.25, 0.3) is 11.8 Å². The smallest absolute Gasteiger partial charge is 0.270 e. The summed E-state index contributed by atoms with van der Waals surface area (Å²) in [5.41, 5.74) is 7.73. The highest BCUT2D eigenvalue weighted by molar-refractivity contribution is 5.98. The third-order valence-electron chi connectivity index (χ3n) is 4.73. The highest BCUT2D eigenvalue weighted by atomic mass is 16.2. The van der Waals surface area contributed by atoms with Crippen molar-refractivity contribution in [3.8, 4) is 0 Å². The topological polar surface area (TPSA) is 108 Å². The number of para-hydroxylation sites is 1. The van der Waals surface area contributed by atoms with Crippen LogP contribution in [-0.2, 0) is 0 Å². The number of benzene rings is 1. The number of H-pyrrole nitrogens is 2. The van der Waals surface area contributed by atoms with Crippen LogP contribution in [0.15, 0.2) is 36.4 Å². The lowest BCUT2D eigenvalue weighted by atomic mass is 9.98. The number of nitrogens with one attached hydrogen (secondary N) is 2. The summed E-state index contributed by atoms with van der Waals surface area (Å²) in [6.07, 6.45) is 2.80. The van der Waals surface area contributed by atoms with Gasteiger partial charge < -0.3 is 15.6 Å². The number of aromatic nitrogens is 3. The Hall–Kier alpha value is -3.09. The van der Waals surface area contributed by atoms with Gasteiger partial charge in [0.15, 0.2) is 0 Å². The zero-order valence-electron chi connectivity index (χ0n) is 13.7. The summed E-state index contributed by atoms with van der Waals surface area (Å²) in [4.78, 5) is 29.4. The predicted octanol–water partition coefficient (Wildman–Crippen LogP) is 2.36. The number of hydrogen-bond donors (Lipinski definition) is 3. The number of nitrogens with two attached hydrogens (primary N) is 1. The molecule has 0 aliphatic carbocycles. The number of carbonyl (C=O) groups is 2. The fourth-order valence-electron chi connectivity index (χ4n) is 3.47. The number of nitrogens with zero attached hydrogens (tertiary/aromatic N) is 2. The van der Waals surface area contributed by atoms with Gasteiger partial charge in [-0.2, -0.15) is 5.10 Å². The second-order valence-electron chi connectivity index (χ2n) is 6.35. The monoisotopic (exact) mass is 337 g/mol. The van der Waals surface area contributed by atoms with Crippen molar-refractivity contribution in [2.75, 3.05) is 6.54 Å². The van der Waals surface area contributed by atoms with E-state index in [4.69, 9.17) is 5.73 Å². The van der Waals surface area contributed by atoms with E-state index in [0.29, 0.717) is 12.2 Å². The van der Waals surface area contributed by atoms with Crippen molar-refractivity contribution in [2.24, 2.45) is 5.73 Å². The van der Waals surface area contributed by atoms with Gasteiger partial charge in [0, 0.05) is 17.4 Å². The number of aromatic amines is 2. The van der Waals surface area contributed by atoms with E-state index in [1.54, 1.807) is 6.07 Å². The zero-order valence-corrected chi connectivity index (χ0v) is 13.7. The molecule has 1 atom stereocenters. The summed E-state index contributed by atoms with van der Waals surface area (Å²) in [7, 11) is 0. The van der Waals surface area contributed by atoms with Gasteiger partial charge in [-0.15, -0.1) is 0 Å². The maximum absolute atomic E-state index is 13.1. The minimum atomic E-state index is -0.577. The molecule has 0 bridgehead atoms. The molecule has 1 aliphatic rings. The molecule has 0 spiro atoms. The molecule has 4 N–H and O–H groups in total. The Balaban J connectivity index is 1.65. The van der Waals surface area contributed by atoms with Gasteiger partial charge in [0.05, 0.1) is 11.7 Å². The lowest BCUT2D eigenvalue weighted by Gasteiger charge is -2.34. The number of piperidine rings is 1. The van der Waals surface area contributed by atoms with Crippen LogP contribution in [-0.4, -0.2) is 38.4 Å². The van der Waals surface area contributed by atoms with E-state index in [0.717, 1.165) is 35.9 Å². The molecule has 25 heavy (non-hydrogen) atoms. The summed E-state index contributed by atoms with van der Waals surface area (Å²) >= 11 is 0. The molecule has 3 aromatic rings. The van der Waals surface area contributed by atoms with E-state index in [2.05, 4.69) is 15.2 Å². The van der Waals surface area contributed by atoms with Crippen LogP contribution in [0.2, 0.25) is 0 Å². The molecular weight excluding hydrogens is 318 g/mol. The number of hydrogen-bond acceptors (Lipinski definition) is 3. The zero-order chi connectivity index (χ0) is 17.4. The number of primary amides is 1. The van der Waals surface area contributed by atoms with Crippen LogP contribution in [0.4, 0.5) is 0 Å². The third kappa shape index (κ3) is 2.77. The average molecular weight is 337 g/mol. The van der Waals surface area contributed by atoms with Gasteiger partial charge in [-0.05, 0) is 37.5 Å². The molecular formula is C18H19N5O2. The van der Waals surface area contributed by atoms with E-state index in [1.165, 1.54) is 0 Å². The Labute approximate surface area is 144 Å². The molecule has 7 nitrogen and oxygen atoms in total. The largest absolute Gasteiger partial charge is 0.364 e. The number of fused-ring (bicyclic) bond motifs is 1. The van der Waals surface area contributed by atoms with E-state index in [-0.39, 0.29) is 17.6 Å². The molecule has 2 amide bonds. The second-order valence-corrected chi connectivity index (χ2v) is 6.35. The van der Waals surface area contributed by atoms with Gasteiger partial charge in [-0.1, -0.05) is 18.2 Å². The Morgan fingerprint density at radius 3 is 2.80 bits per heavy atom. The van der Waals surface area contributed by atoms with E-state index in [1.807, 2.05) is 35.2 Å². The van der Waals surface area contributed by atoms with Gasteiger partial charge in [-0.25, -0.2) is 0 Å². The first-order valence-corrected chi connectivity index (χ1v) is 8.37. The standard InChI is InChI=1S/C18H19N5O2/c19-17(24)14-10-13(21-22-14)16-7-3-4-8-23(16)18(25)15-9-11-5-1-2-6-12(11)20-15/h1-2,5-6,9-10,16,20H,3-4,7-8H2,(H2,19,24)(H,21,22). The van der Waals surface area contributed by atoms with Crippen molar-refractivity contribution < 1.29 is 9.59 Å². The van der Waals surface area contributed by atoms with Gasteiger partial charge in [-0.3, -0.25) is 14.7 Å². The normalized spacial score (nSPS) is 17.8. The van der Waals surface area contributed by atoms with Gasteiger partial charge in [0.1, 0.15) is 11.4 Å². The molecule has 0 radical (unpaired) electrons. The average Bonchev–Trinajstić information content (AvgIpc) is 3.28. The van der Waals surface area contributed by atoms with Crippen molar-refractivity contribution >= 4 is 22.7 Å². The first-order chi connectivity index (χ1) is 12.1. The third-order valence-corrected chi connectivity index (χ3v) is 4.73. The van der Waals surface area contributed by atoms with Crippen LogP contribution >= 0.6 is 0 Å². The molecule has 1 fully saturated rings. The van der Waals surface area contributed by atoms with Gasteiger partial charge >= 0.3 is 0 Å². The lowest BCUT2D eigenvalue weighted by molar-refractivity contribution is 0.0601. The van der Waals surface area contributed by atoms with Crippen molar-refractivity contribution in [2.45, 2.75) is 25.3 Å². The van der Waals surface area contributed by atoms with Crippen LogP contribution in [0.1, 0.15) is 52.0 Å². The van der Waals surface area contributed by atoms with Crippen LogP contribution in [0.5, 0.6) is 0 Å². The first-order valence-electron chi connectivity index (χ1n) is 8.37. The van der Waals surface area contributed by atoms with Crippen LogP contribution in [0, 0.1) is 0 Å². The quantitative estimate of drug-likeness (QED) is 0.682. The Morgan fingerprint density at radius 1 is 1.20 bits per heavy atom. The van der Waals surface area contributed by atoms with Crippen LogP contribution in [0.3, 0.4) is 0 Å². The molecule has 3 heterocycles. The highest BCUT2D eigenvalue weighted by Crippen LogP contribution is 2.31. The summed E-state index contributed by atoms with van der Waals surface area (Å²) in [6.45, 7) is 0.670. The Morgan fingerprint density at radius 2 is 2.04 bits per heavy atom. The molecule has 128 valence electrons. The summed E-state index contributed by atoms with van der Waals surface area (Å²) in [6, 6.07) is 11.2. The molecule has 1 unspecified atom stereocenters. The molecule has 1 saturated heterocycles. The van der Waals surface area contributed by atoms with Crippen LogP contribution in [0.25, 0.3) is 10.9 Å². The van der Waals surface area contributed by atoms with Gasteiger partial charge in [0.2, 0.25) is 0 Å². The molecule has 1 aromatic carbocycles. The number of likely N-dealkylation sites (tertiary alicyclic amines) is 1. The van der Waals surface area contributed by atoms with Crippen molar-refractivity contribution in [1.82, 2.24) is 20.1 Å². The maximum Gasteiger partial charge on any atom is 0.270 e. The predicted molar refractivity (Wildman–Crippen MR) is 93.0 cm³/mol. The molecule has 7 heteroatoms. The molecule has 2 aromatic heterocycles. The van der Waals surface area contributed by atoms with E-state index < -0.39 is 5.91 Å². The summed E-state index contributed by atoms with van der Waals surface area (Å²) in [5, 5.41) is 7.82. The molecule has 1 aliphatic heterocycles. The lowest BCUT2D eigenvalue weighted by Crippen LogP contribution is -2.38. The number of amides is 2.